The Labute approximate surface area is 183 Å². The van der Waals surface area contributed by atoms with Gasteiger partial charge < -0.3 is 20.9 Å². The summed E-state index contributed by atoms with van der Waals surface area (Å²) >= 11 is 5.96. The van der Waals surface area contributed by atoms with Gasteiger partial charge in [-0.1, -0.05) is 29.8 Å². The summed E-state index contributed by atoms with van der Waals surface area (Å²) in [6.45, 7) is 6.03. The number of aryl methyl sites for hydroxylation is 2. The van der Waals surface area contributed by atoms with Gasteiger partial charge in [0, 0.05) is 36.0 Å². The lowest BCUT2D eigenvalue weighted by atomic mass is 9.94. The van der Waals surface area contributed by atoms with E-state index in [1.54, 1.807) is 12.1 Å². The fourth-order valence-electron chi connectivity index (χ4n) is 3.62. The second-order valence-corrected chi connectivity index (χ2v) is 8.30. The molecule has 30 heavy (non-hydrogen) atoms. The molecule has 0 aromatic heterocycles. The zero-order valence-electron chi connectivity index (χ0n) is 17.5. The molecule has 1 aliphatic heterocycles. The number of carbonyl (C=O) groups excluding carboxylic acids is 2. The maximum Gasteiger partial charge on any atom is 0.321 e. The van der Waals surface area contributed by atoms with E-state index in [0.29, 0.717) is 36.3 Å². The summed E-state index contributed by atoms with van der Waals surface area (Å²) in [4.78, 5) is 26.4. The van der Waals surface area contributed by atoms with Crippen molar-refractivity contribution < 1.29 is 9.59 Å². The van der Waals surface area contributed by atoms with Crippen LogP contribution >= 0.6 is 11.6 Å². The fourth-order valence-corrected chi connectivity index (χ4v) is 3.81. The zero-order valence-corrected chi connectivity index (χ0v) is 18.3. The van der Waals surface area contributed by atoms with Crippen LogP contribution in [0.5, 0.6) is 0 Å². The highest BCUT2D eigenvalue weighted by Gasteiger charge is 2.22. The number of hydrogen-bond donors (Lipinski definition) is 3. The molecule has 4 amide bonds. The average Bonchev–Trinajstić information content (AvgIpc) is 2.71. The molecule has 1 heterocycles. The van der Waals surface area contributed by atoms with Crippen molar-refractivity contribution in [3.63, 3.8) is 0 Å². The normalized spacial score (nSPS) is 14.3. The second-order valence-electron chi connectivity index (χ2n) is 7.86. The maximum absolute atomic E-state index is 12.4. The van der Waals surface area contributed by atoms with Crippen LogP contribution in [-0.4, -0.2) is 36.6 Å². The van der Waals surface area contributed by atoms with Gasteiger partial charge in [0.1, 0.15) is 0 Å². The molecule has 6 nitrogen and oxygen atoms in total. The van der Waals surface area contributed by atoms with Crippen molar-refractivity contribution in [3.8, 4) is 0 Å². The Morgan fingerprint density at radius 3 is 2.57 bits per heavy atom. The third-order valence-electron chi connectivity index (χ3n) is 5.46. The predicted molar refractivity (Wildman–Crippen MR) is 122 cm³/mol. The Morgan fingerprint density at radius 2 is 1.83 bits per heavy atom. The molecule has 0 radical (unpaired) electrons. The zero-order chi connectivity index (χ0) is 21.5. The minimum atomic E-state index is -0.179. The number of likely N-dealkylation sites (tertiary alicyclic amines) is 1. The molecule has 0 saturated carbocycles. The van der Waals surface area contributed by atoms with Crippen molar-refractivity contribution in [3.05, 3.63) is 58.6 Å². The van der Waals surface area contributed by atoms with Crippen molar-refractivity contribution in [1.82, 2.24) is 10.2 Å². The van der Waals surface area contributed by atoms with E-state index < -0.39 is 0 Å². The second kappa shape index (κ2) is 10.3. The SMILES string of the molecule is Cc1ccc(C)c(NC(=O)NCCC2CCN(C(=O)Nc3cccc(Cl)c3)CC2)c1. The minimum Gasteiger partial charge on any atom is -0.338 e. The van der Waals surface area contributed by atoms with Crippen molar-refractivity contribution >= 4 is 35.0 Å². The molecule has 1 aliphatic rings. The van der Waals surface area contributed by atoms with Crippen molar-refractivity contribution in [1.29, 1.82) is 0 Å². The molecular formula is C23H29ClN4O2. The number of halogens is 1. The minimum absolute atomic E-state index is 0.0956. The molecule has 1 saturated heterocycles. The molecule has 0 unspecified atom stereocenters. The molecular weight excluding hydrogens is 400 g/mol. The molecule has 1 fully saturated rings. The van der Waals surface area contributed by atoms with Gasteiger partial charge in [-0.3, -0.25) is 0 Å². The van der Waals surface area contributed by atoms with Gasteiger partial charge in [-0.15, -0.1) is 0 Å². The van der Waals surface area contributed by atoms with Crippen LogP contribution < -0.4 is 16.0 Å². The summed E-state index contributed by atoms with van der Waals surface area (Å²) in [5.41, 5.74) is 3.70. The number of hydrogen-bond acceptors (Lipinski definition) is 2. The first-order valence-electron chi connectivity index (χ1n) is 10.3. The van der Waals surface area contributed by atoms with Gasteiger partial charge in [0.2, 0.25) is 0 Å². The topological polar surface area (TPSA) is 73.5 Å². The molecule has 0 spiro atoms. The monoisotopic (exact) mass is 428 g/mol. The molecule has 3 N–H and O–H groups in total. The molecule has 0 atom stereocenters. The van der Waals surface area contributed by atoms with E-state index in [0.717, 1.165) is 36.1 Å². The van der Waals surface area contributed by atoms with Crippen LogP contribution in [0.25, 0.3) is 0 Å². The van der Waals surface area contributed by atoms with E-state index in [2.05, 4.69) is 16.0 Å². The average molecular weight is 429 g/mol. The standard InChI is InChI=1S/C23H29ClN4O2/c1-16-6-7-17(2)21(14-16)27-22(29)25-11-8-18-9-12-28(13-10-18)23(30)26-20-5-3-4-19(24)15-20/h3-7,14-15,18H,8-13H2,1-2H3,(H,26,30)(H2,25,27,29). The van der Waals surface area contributed by atoms with E-state index in [1.165, 1.54) is 0 Å². The summed E-state index contributed by atoms with van der Waals surface area (Å²) < 4.78 is 0. The van der Waals surface area contributed by atoms with E-state index in [9.17, 15) is 9.59 Å². The number of urea groups is 2. The van der Waals surface area contributed by atoms with Gasteiger partial charge in [0.15, 0.2) is 0 Å². The molecule has 7 heteroatoms. The van der Waals surface area contributed by atoms with Gasteiger partial charge in [0.05, 0.1) is 0 Å². The summed E-state index contributed by atoms with van der Waals surface area (Å²) in [6.07, 6.45) is 2.77. The smallest absolute Gasteiger partial charge is 0.321 e. The lowest BCUT2D eigenvalue weighted by Gasteiger charge is -2.32. The highest BCUT2D eigenvalue weighted by atomic mass is 35.5. The summed E-state index contributed by atoms with van der Waals surface area (Å²) in [5, 5.41) is 9.35. The first kappa shape index (κ1) is 22.0. The highest BCUT2D eigenvalue weighted by Crippen LogP contribution is 2.22. The first-order chi connectivity index (χ1) is 14.4. The van der Waals surface area contributed by atoms with Crippen molar-refractivity contribution in [2.45, 2.75) is 33.1 Å². The lowest BCUT2D eigenvalue weighted by Crippen LogP contribution is -2.41. The fraction of sp³-hybridized carbons (Fsp3) is 0.391. The van der Waals surface area contributed by atoms with Crippen molar-refractivity contribution in [2.24, 2.45) is 5.92 Å². The van der Waals surface area contributed by atoms with E-state index in [1.807, 2.05) is 49.1 Å². The van der Waals surface area contributed by atoms with Crippen LogP contribution in [0.2, 0.25) is 5.02 Å². The number of benzene rings is 2. The Bertz CT molecular complexity index is 895. The highest BCUT2D eigenvalue weighted by molar-refractivity contribution is 6.30. The Hall–Kier alpha value is -2.73. The quantitative estimate of drug-likeness (QED) is 0.595. The van der Waals surface area contributed by atoms with Gasteiger partial charge in [-0.25, -0.2) is 9.59 Å². The number of piperidine rings is 1. The van der Waals surface area contributed by atoms with Gasteiger partial charge in [0.25, 0.3) is 0 Å². The molecule has 3 rings (SSSR count). The number of amides is 4. The predicted octanol–water partition coefficient (Wildman–Crippen LogP) is 5.41. The molecule has 0 aliphatic carbocycles. The van der Waals surface area contributed by atoms with Gasteiger partial charge >= 0.3 is 12.1 Å². The van der Waals surface area contributed by atoms with Crippen LogP contribution in [0.4, 0.5) is 21.0 Å². The van der Waals surface area contributed by atoms with E-state index in [4.69, 9.17) is 11.6 Å². The third kappa shape index (κ3) is 6.39. The third-order valence-corrected chi connectivity index (χ3v) is 5.69. The van der Waals surface area contributed by atoms with Crippen LogP contribution in [-0.2, 0) is 0 Å². The maximum atomic E-state index is 12.4. The van der Waals surface area contributed by atoms with Crippen molar-refractivity contribution in [2.75, 3.05) is 30.3 Å². The first-order valence-corrected chi connectivity index (χ1v) is 10.7. The summed E-state index contributed by atoms with van der Waals surface area (Å²) in [7, 11) is 0. The van der Waals surface area contributed by atoms with E-state index >= 15 is 0 Å². The Morgan fingerprint density at radius 1 is 1.07 bits per heavy atom. The Balaban J connectivity index is 1.36. The largest absolute Gasteiger partial charge is 0.338 e. The number of nitrogens with zero attached hydrogens (tertiary/aromatic N) is 1. The number of anilines is 2. The Kier molecular flexibility index (Phi) is 7.57. The number of nitrogens with one attached hydrogen (secondary N) is 3. The molecule has 2 aromatic carbocycles. The lowest BCUT2D eigenvalue weighted by molar-refractivity contribution is 0.180. The molecule has 160 valence electrons. The van der Waals surface area contributed by atoms with Gasteiger partial charge in [-0.05, 0) is 74.4 Å². The van der Waals surface area contributed by atoms with E-state index in [-0.39, 0.29) is 12.1 Å². The van der Waals surface area contributed by atoms with Crippen LogP contribution in [0.15, 0.2) is 42.5 Å². The van der Waals surface area contributed by atoms with Crippen LogP contribution in [0, 0.1) is 19.8 Å². The van der Waals surface area contributed by atoms with Gasteiger partial charge in [-0.2, -0.15) is 0 Å². The molecule has 0 bridgehead atoms. The molecule has 2 aromatic rings. The summed E-state index contributed by atoms with van der Waals surface area (Å²) in [5.74, 6) is 0.501. The number of carbonyl (C=O) groups is 2. The van der Waals surface area contributed by atoms with Crippen LogP contribution in [0.3, 0.4) is 0 Å². The van der Waals surface area contributed by atoms with Crippen LogP contribution in [0.1, 0.15) is 30.4 Å². The summed E-state index contributed by atoms with van der Waals surface area (Å²) in [6, 6.07) is 12.9. The number of rotatable bonds is 5.